The molecule has 1 unspecified atom stereocenters. The van der Waals surface area contributed by atoms with Gasteiger partial charge in [0.25, 0.3) is 0 Å². The van der Waals surface area contributed by atoms with Crippen molar-refractivity contribution >= 4 is 23.0 Å². The molecule has 4 rings (SSSR count). The normalized spacial score (nSPS) is 15.9. The number of ether oxygens (including phenoxy) is 1. The average molecular weight is 381 g/mol. The van der Waals surface area contributed by atoms with E-state index in [0.717, 1.165) is 23.7 Å². The van der Waals surface area contributed by atoms with Crippen LogP contribution in [-0.4, -0.2) is 28.2 Å². The van der Waals surface area contributed by atoms with E-state index in [1.54, 1.807) is 13.2 Å². The molecule has 0 saturated heterocycles. The molecule has 0 bridgehead atoms. The molecule has 1 atom stereocenters. The third-order valence-electron chi connectivity index (χ3n) is 4.84. The van der Waals surface area contributed by atoms with E-state index in [9.17, 15) is 4.39 Å². The first-order valence-corrected chi connectivity index (χ1v) is 9.19. The van der Waals surface area contributed by atoms with Gasteiger partial charge in [-0.25, -0.2) is 4.39 Å². The van der Waals surface area contributed by atoms with E-state index in [4.69, 9.17) is 17.0 Å². The number of hydrogen-bond acceptors (Lipinski definition) is 2. The molecule has 4 nitrogen and oxygen atoms in total. The summed E-state index contributed by atoms with van der Waals surface area (Å²) < 4.78 is 22.0. The van der Waals surface area contributed by atoms with Crippen LogP contribution >= 0.6 is 12.2 Å². The van der Waals surface area contributed by atoms with E-state index in [2.05, 4.69) is 9.88 Å². The summed E-state index contributed by atoms with van der Waals surface area (Å²) in [6.07, 6.45) is 2.03. The van der Waals surface area contributed by atoms with Crippen molar-refractivity contribution in [2.24, 2.45) is 0 Å². The summed E-state index contributed by atoms with van der Waals surface area (Å²) in [5.41, 5.74) is 2.52. The number of nitrogens with one attached hydrogen (secondary N) is 1. The summed E-state index contributed by atoms with van der Waals surface area (Å²) >= 11 is 5.69. The molecule has 0 amide bonds. The lowest BCUT2D eigenvalue weighted by molar-refractivity contribution is 0.288. The van der Waals surface area contributed by atoms with Gasteiger partial charge < -0.3 is 19.5 Å². The monoisotopic (exact) mass is 381 g/mol. The van der Waals surface area contributed by atoms with Crippen LogP contribution in [0.15, 0.2) is 66.9 Å². The van der Waals surface area contributed by atoms with Crippen LogP contribution in [0.4, 0.5) is 10.1 Å². The van der Waals surface area contributed by atoms with Gasteiger partial charge in [-0.2, -0.15) is 0 Å². The highest BCUT2D eigenvalue weighted by molar-refractivity contribution is 7.80. The maximum Gasteiger partial charge on any atom is 0.174 e. The van der Waals surface area contributed by atoms with Crippen LogP contribution in [0.25, 0.3) is 0 Å². The van der Waals surface area contributed by atoms with Crippen molar-refractivity contribution in [1.29, 1.82) is 0 Å². The number of hydrogen-bond donors (Lipinski definition) is 1. The van der Waals surface area contributed by atoms with Crippen LogP contribution in [0.2, 0.25) is 0 Å². The number of methoxy groups -OCH3 is 1. The number of rotatable bonds is 3. The van der Waals surface area contributed by atoms with E-state index >= 15 is 0 Å². The molecule has 0 spiro atoms. The maximum absolute atomic E-state index is 14.6. The summed E-state index contributed by atoms with van der Waals surface area (Å²) in [5, 5.41) is 3.85. The Morgan fingerprint density at radius 2 is 1.85 bits per heavy atom. The molecule has 27 heavy (non-hydrogen) atoms. The third-order valence-corrected chi connectivity index (χ3v) is 5.18. The third kappa shape index (κ3) is 3.40. The molecule has 6 heteroatoms. The zero-order valence-corrected chi connectivity index (χ0v) is 15.7. The topological polar surface area (TPSA) is 29.4 Å². The summed E-state index contributed by atoms with van der Waals surface area (Å²) in [6.45, 7) is 1.50. The van der Waals surface area contributed by atoms with Gasteiger partial charge in [-0.1, -0.05) is 18.2 Å². The number of anilines is 1. The molecule has 2 aromatic carbocycles. The molecule has 0 radical (unpaired) electrons. The Balaban J connectivity index is 1.65. The van der Waals surface area contributed by atoms with Crippen LogP contribution in [0.3, 0.4) is 0 Å². The van der Waals surface area contributed by atoms with Crippen LogP contribution < -0.4 is 10.1 Å². The Labute approximate surface area is 163 Å². The van der Waals surface area contributed by atoms with Crippen molar-refractivity contribution in [3.05, 3.63) is 83.9 Å². The van der Waals surface area contributed by atoms with Crippen LogP contribution in [0.5, 0.6) is 5.75 Å². The highest BCUT2D eigenvalue weighted by atomic mass is 32.1. The number of halogens is 1. The van der Waals surface area contributed by atoms with Crippen molar-refractivity contribution in [2.45, 2.75) is 12.6 Å². The maximum atomic E-state index is 14.6. The fourth-order valence-electron chi connectivity index (χ4n) is 3.50. The number of aromatic nitrogens is 1. The number of fused-ring (bicyclic) bond motifs is 1. The zero-order chi connectivity index (χ0) is 18.8. The Bertz CT molecular complexity index is 954. The lowest BCUT2D eigenvalue weighted by Crippen LogP contribution is -2.44. The number of benzene rings is 2. The average Bonchev–Trinajstić information content (AvgIpc) is 3.17. The van der Waals surface area contributed by atoms with E-state index in [1.165, 1.54) is 6.07 Å². The molecular weight excluding hydrogens is 361 g/mol. The standard InChI is InChI=1S/C21H20FN3OS/c1-26-16-10-8-15(9-11-16)23-21(27)25-14-13-24-12-4-7-19(24)20(25)17-5-2-3-6-18(17)22/h2-12,20H,13-14H2,1H3,(H,23,27). The van der Waals surface area contributed by atoms with E-state index < -0.39 is 0 Å². The predicted octanol–water partition coefficient (Wildman–Crippen LogP) is 4.44. The largest absolute Gasteiger partial charge is 0.497 e. The first-order valence-electron chi connectivity index (χ1n) is 8.78. The fraction of sp³-hybridized carbons (Fsp3) is 0.190. The van der Waals surface area contributed by atoms with Crippen molar-refractivity contribution in [1.82, 2.24) is 9.47 Å². The summed E-state index contributed by atoms with van der Waals surface area (Å²) in [6, 6.07) is 18.2. The minimum absolute atomic E-state index is 0.227. The number of nitrogens with zero attached hydrogens (tertiary/aromatic N) is 2. The Kier molecular flexibility index (Phi) is 4.81. The van der Waals surface area contributed by atoms with Crippen LogP contribution in [0, 0.1) is 5.82 Å². The molecular formula is C21H20FN3OS. The smallest absolute Gasteiger partial charge is 0.174 e. The molecule has 2 heterocycles. The van der Waals surface area contributed by atoms with Crippen molar-refractivity contribution in [3.63, 3.8) is 0 Å². The molecule has 3 aromatic rings. The minimum atomic E-state index is -0.270. The van der Waals surface area contributed by atoms with Crippen molar-refractivity contribution < 1.29 is 9.13 Å². The van der Waals surface area contributed by atoms with Gasteiger partial charge in [-0.05, 0) is 54.7 Å². The molecule has 1 N–H and O–H groups in total. The predicted molar refractivity (Wildman–Crippen MR) is 109 cm³/mol. The first-order chi connectivity index (χ1) is 13.2. The summed E-state index contributed by atoms with van der Waals surface area (Å²) in [5.74, 6) is 0.556. The highest BCUT2D eigenvalue weighted by Crippen LogP contribution is 2.34. The molecule has 1 aromatic heterocycles. The summed E-state index contributed by atoms with van der Waals surface area (Å²) in [7, 11) is 1.63. The quantitative estimate of drug-likeness (QED) is 0.680. The minimum Gasteiger partial charge on any atom is -0.497 e. The second kappa shape index (κ2) is 7.40. The van der Waals surface area contributed by atoms with E-state index in [0.29, 0.717) is 17.2 Å². The van der Waals surface area contributed by atoms with Gasteiger partial charge >= 0.3 is 0 Å². The fourth-order valence-corrected chi connectivity index (χ4v) is 3.81. The molecule has 0 fully saturated rings. The van der Waals surface area contributed by atoms with E-state index in [1.807, 2.05) is 59.6 Å². The zero-order valence-electron chi connectivity index (χ0n) is 14.9. The van der Waals surface area contributed by atoms with Crippen molar-refractivity contribution in [2.75, 3.05) is 19.0 Å². The van der Waals surface area contributed by atoms with Gasteiger partial charge in [0.1, 0.15) is 11.6 Å². The Morgan fingerprint density at radius 3 is 2.59 bits per heavy atom. The van der Waals surface area contributed by atoms with Crippen LogP contribution in [-0.2, 0) is 6.54 Å². The van der Waals surface area contributed by atoms with Gasteiger partial charge in [0.05, 0.1) is 13.2 Å². The molecule has 138 valence electrons. The summed E-state index contributed by atoms with van der Waals surface area (Å²) in [4.78, 5) is 2.05. The molecule has 0 aliphatic carbocycles. The van der Waals surface area contributed by atoms with E-state index in [-0.39, 0.29) is 11.9 Å². The second-order valence-electron chi connectivity index (χ2n) is 6.40. The second-order valence-corrected chi connectivity index (χ2v) is 6.79. The molecule has 0 saturated carbocycles. The lowest BCUT2D eigenvalue weighted by Gasteiger charge is -2.39. The Hall–Kier alpha value is -2.86. The lowest BCUT2D eigenvalue weighted by atomic mass is 10.00. The number of thiocarbonyl (C=S) groups is 1. The Morgan fingerprint density at radius 1 is 1.07 bits per heavy atom. The van der Waals surface area contributed by atoms with Gasteiger partial charge in [0.15, 0.2) is 5.11 Å². The van der Waals surface area contributed by atoms with Crippen LogP contribution in [0.1, 0.15) is 17.3 Å². The van der Waals surface area contributed by atoms with Gasteiger partial charge in [0, 0.05) is 36.2 Å². The van der Waals surface area contributed by atoms with Gasteiger partial charge in [-0.3, -0.25) is 0 Å². The van der Waals surface area contributed by atoms with Crippen molar-refractivity contribution in [3.8, 4) is 5.75 Å². The molecule has 1 aliphatic heterocycles. The highest BCUT2D eigenvalue weighted by Gasteiger charge is 2.32. The van der Waals surface area contributed by atoms with Gasteiger partial charge in [-0.15, -0.1) is 0 Å². The van der Waals surface area contributed by atoms with Gasteiger partial charge in [0.2, 0.25) is 0 Å². The first kappa shape index (κ1) is 17.5. The molecule has 1 aliphatic rings. The SMILES string of the molecule is COc1ccc(NC(=S)N2CCn3cccc3C2c2ccccc2F)cc1.